The fourth-order valence-electron chi connectivity index (χ4n) is 4.16. The molecule has 0 bridgehead atoms. The van der Waals surface area contributed by atoms with Crippen molar-refractivity contribution in [3.05, 3.63) is 80.1 Å². The van der Waals surface area contributed by atoms with Gasteiger partial charge in [0.15, 0.2) is 11.6 Å². The zero-order valence-electron chi connectivity index (χ0n) is 18.4. The van der Waals surface area contributed by atoms with Crippen molar-refractivity contribution >= 4 is 44.4 Å². The molecule has 1 saturated heterocycles. The third-order valence-corrected chi connectivity index (χ3v) is 6.35. The number of halogens is 3. The maximum atomic E-state index is 15.6. The van der Waals surface area contributed by atoms with Crippen LogP contribution in [0, 0.1) is 11.6 Å². The van der Waals surface area contributed by atoms with Crippen LogP contribution >= 0.6 is 15.9 Å². The molecule has 0 saturated carbocycles. The van der Waals surface area contributed by atoms with Crippen LogP contribution in [0.15, 0.2) is 51.9 Å². The number of carbonyl (C=O) groups is 1. The first-order chi connectivity index (χ1) is 15.8. The van der Waals surface area contributed by atoms with E-state index in [9.17, 15) is 9.59 Å². The Labute approximate surface area is 198 Å². The molecule has 2 heterocycles. The molecule has 1 N–H and O–H groups in total. The molecule has 1 unspecified atom stereocenters. The Bertz CT molecular complexity index is 1300. The summed E-state index contributed by atoms with van der Waals surface area (Å²) in [4.78, 5) is 27.6. The van der Waals surface area contributed by atoms with Gasteiger partial charge < -0.3 is 14.8 Å². The van der Waals surface area contributed by atoms with Gasteiger partial charge in [-0.3, -0.25) is 9.59 Å². The normalized spacial score (nSPS) is 16.6. The molecule has 8 heteroatoms. The van der Waals surface area contributed by atoms with Gasteiger partial charge in [-0.05, 0) is 43.7 Å². The van der Waals surface area contributed by atoms with Crippen molar-refractivity contribution < 1.29 is 13.6 Å². The van der Waals surface area contributed by atoms with Crippen LogP contribution in [0.2, 0.25) is 0 Å². The molecular formula is C25H24BrF2N3O2. The van der Waals surface area contributed by atoms with Crippen LogP contribution in [-0.2, 0) is 6.54 Å². The van der Waals surface area contributed by atoms with E-state index in [0.717, 1.165) is 16.1 Å². The Morgan fingerprint density at radius 3 is 2.67 bits per heavy atom. The van der Waals surface area contributed by atoms with E-state index < -0.39 is 22.8 Å². The number of nitrogens with one attached hydrogen (secondary N) is 1. The highest BCUT2D eigenvalue weighted by Crippen LogP contribution is 2.31. The average molecular weight is 516 g/mol. The Balaban J connectivity index is 1.80. The average Bonchev–Trinajstić information content (AvgIpc) is 2.79. The highest BCUT2D eigenvalue weighted by Gasteiger charge is 2.26. The first-order valence-corrected chi connectivity index (χ1v) is 11.6. The number of hydrogen-bond donors (Lipinski definition) is 1. The van der Waals surface area contributed by atoms with Crippen LogP contribution in [0.4, 0.5) is 14.5 Å². The topological polar surface area (TPSA) is 54.3 Å². The van der Waals surface area contributed by atoms with Gasteiger partial charge in [0.25, 0.3) is 0 Å². The highest BCUT2D eigenvalue weighted by atomic mass is 79.9. The van der Waals surface area contributed by atoms with Crippen molar-refractivity contribution in [1.29, 1.82) is 0 Å². The van der Waals surface area contributed by atoms with Gasteiger partial charge in [-0.15, -0.1) is 0 Å². The summed E-state index contributed by atoms with van der Waals surface area (Å²) in [6.45, 7) is 5.56. The predicted octanol–water partition coefficient (Wildman–Crippen LogP) is 4.76. The van der Waals surface area contributed by atoms with Crippen molar-refractivity contribution in [2.75, 3.05) is 24.5 Å². The number of fused-ring (bicyclic) bond motifs is 1. The molecule has 5 nitrogen and oxygen atoms in total. The number of ketones is 1. The van der Waals surface area contributed by atoms with Gasteiger partial charge in [-0.1, -0.05) is 34.1 Å². The van der Waals surface area contributed by atoms with Gasteiger partial charge in [0.1, 0.15) is 11.5 Å². The van der Waals surface area contributed by atoms with Crippen molar-refractivity contribution in [1.82, 2.24) is 9.88 Å². The van der Waals surface area contributed by atoms with Gasteiger partial charge in [0, 0.05) is 42.9 Å². The minimum atomic E-state index is -0.802. The predicted molar refractivity (Wildman–Crippen MR) is 131 cm³/mol. The minimum absolute atomic E-state index is 0.0125. The van der Waals surface area contributed by atoms with Gasteiger partial charge >= 0.3 is 0 Å². The zero-order chi connectivity index (χ0) is 23.7. The zero-order valence-corrected chi connectivity index (χ0v) is 20.0. The number of benzene rings is 2. The van der Waals surface area contributed by atoms with E-state index in [-0.39, 0.29) is 28.2 Å². The smallest absolute Gasteiger partial charge is 0.200 e. The molecule has 1 fully saturated rings. The quantitative estimate of drug-likeness (QED) is 0.393. The number of carbonyl (C=O) groups excluding carboxylic acids is 1. The second kappa shape index (κ2) is 9.57. The molecule has 1 aromatic heterocycles. The lowest BCUT2D eigenvalue weighted by Gasteiger charge is -2.34. The monoisotopic (exact) mass is 515 g/mol. The van der Waals surface area contributed by atoms with Gasteiger partial charge in [-0.25, -0.2) is 8.78 Å². The second-order valence-corrected chi connectivity index (χ2v) is 9.04. The van der Waals surface area contributed by atoms with Crippen molar-refractivity contribution in [3.63, 3.8) is 0 Å². The summed E-state index contributed by atoms with van der Waals surface area (Å²) in [7, 11) is 0. The standard InChI is InChI=1S/C25H24BrF2N3O2/c1-3-30-14-19(21(32)9-6-16-4-7-17(26)8-5-16)25(33)18-12-20(27)24(22(28)23(18)30)31-11-10-29-15(2)13-31/h4-9,12,14-15,29H,3,10-11,13H2,1-2H3/b9-6+. The third kappa shape index (κ3) is 4.63. The van der Waals surface area contributed by atoms with Crippen LogP contribution in [0.1, 0.15) is 29.8 Å². The molecule has 0 radical (unpaired) electrons. The molecule has 0 amide bonds. The first-order valence-electron chi connectivity index (χ1n) is 10.8. The molecule has 3 aromatic rings. The van der Waals surface area contributed by atoms with E-state index in [4.69, 9.17) is 0 Å². The maximum Gasteiger partial charge on any atom is 0.200 e. The molecule has 1 atom stereocenters. The summed E-state index contributed by atoms with van der Waals surface area (Å²) in [6, 6.07) is 8.46. The number of aryl methyl sites for hydroxylation is 1. The molecule has 2 aromatic carbocycles. The summed E-state index contributed by atoms with van der Waals surface area (Å²) in [6.07, 6.45) is 4.27. The molecule has 1 aliphatic heterocycles. The molecule has 4 rings (SSSR count). The van der Waals surface area contributed by atoms with E-state index in [1.807, 2.05) is 31.2 Å². The number of allylic oxidation sites excluding steroid dienone is 1. The van der Waals surface area contributed by atoms with E-state index in [2.05, 4.69) is 21.2 Å². The van der Waals surface area contributed by atoms with Crippen LogP contribution in [0.25, 0.3) is 17.0 Å². The summed E-state index contributed by atoms with van der Waals surface area (Å²) in [5.41, 5.74) is -0.140. The van der Waals surface area contributed by atoms with Crippen LogP contribution in [0.3, 0.4) is 0 Å². The molecule has 0 spiro atoms. The summed E-state index contributed by atoms with van der Waals surface area (Å²) in [5.74, 6) is -2.10. The minimum Gasteiger partial charge on any atom is -0.364 e. The lowest BCUT2D eigenvalue weighted by molar-refractivity contribution is 0.104. The van der Waals surface area contributed by atoms with E-state index in [0.29, 0.717) is 26.2 Å². The highest BCUT2D eigenvalue weighted by molar-refractivity contribution is 9.10. The van der Waals surface area contributed by atoms with Crippen molar-refractivity contribution in [2.24, 2.45) is 0 Å². The summed E-state index contributed by atoms with van der Waals surface area (Å²) < 4.78 is 33.1. The van der Waals surface area contributed by atoms with Gasteiger partial charge in [-0.2, -0.15) is 0 Å². The van der Waals surface area contributed by atoms with Crippen molar-refractivity contribution in [2.45, 2.75) is 26.4 Å². The van der Waals surface area contributed by atoms with Crippen LogP contribution < -0.4 is 15.6 Å². The fourth-order valence-corrected chi connectivity index (χ4v) is 4.43. The van der Waals surface area contributed by atoms with Gasteiger partial charge in [0.2, 0.25) is 5.43 Å². The number of rotatable bonds is 5. The van der Waals surface area contributed by atoms with Crippen molar-refractivity contribution in [3.8, 4) is 0 Å². The maximum absolute atomic E-state index is 15.6. The SMILES string of the molecule is CCn1cc(C(=O)/C=C/c2ccc(Br)cc2)c(=O)c2cc(F)c(N3CCNC(C)C3)c(F)c21. The Hall–Kier alpha value is -2.84. The lowest BCUT2D eigenvalue weighted by Crippen LogP contribution is -2.49. The Morgan fingerprint density at radius 2 is 2.00 bits per heavy atom. The fraction of sp³-hybridized carbons (Fsp3) is 0.280. The van der Waals surface area contributed by atoms with Gasteiger partial charge in [0.05, 0.1) is 16.5 Å². The largest absolute Gasteiger partial charge is 0.364 e. The summed E-state index contributed by atoms with van der Waals surface area (Å²) >= 11 is 3.35. The molecule has 33 heavy (non-hydrogen) atoms. The third-order valence-electron chi connectivity index (χ3n) is 5.82. The van der Waals surface area contributed by atoms with E-state index in [1.165, 1.54) is 16.8 Å². The molecule has 1 aliphatic rings. The molecule has 0 aliphatic carbocycles. The lowest BCUT2D eigenvalue weighted by atomic mass is 10.0. The molecular weight excluding hydrogens is 492 g/mol. The Kier molecular flexibility index (Phi) is 6.76. The van der Waals surface area contributed by atoms with Crippen LogP contribution in [-0.4, -0.2) is 36.0 Å². The number of hydrogen-bond acceptors (Lipinski definition) is 4. The number of anilines is 1. The Morgan fingerprint density at radius 1 is 1.27 bits per heavy atom. The number of aromatic nitrogens is 1. The number of pyridine rings is 1. The first kappa shape index (κ1) is 23.3. The molecule has 172 valence electrons. The number of nitrogens with zero attached hydrogens (tertiary/aromatic N) is 2. The second-order valence-electron chi connectivity index (χ2n) is 8.13. The van der Waals surface area contributed by atoms with Crippen LogP contribution in [0.5, 0.6) is 0 Å². The summed E-state index contributed by atoms with van der Waals surface area (Å²) in [5, 5.41) is 3.11. The number of piperazine rings is 1. The van der Waals surface area contributed by atoms with E-state index in [1.54, 1.807) is 17.9 Å². The van der Waals surface area contributed by atoms with E-state index >= 15 is 8.78 Å².